The summed E-state index contributed by atoms with van der Waals surface area (Å²) in [6.07, 6.45) is 1.59. The molecule has 26 heavy (non-hydrogen) atoms. The lowest BCUT2D eigenvalue weighted by Gasteiger charge is -2.20. The van der Waals surface area contributed by atoms with Crippen molar-refractivity contribution in [3.05, 3.63) is 89.4 Å². The van der Waals surface area contributed by atoms with E-state index in [0.717, 1.165) is 0 Å². The second kappa shape index (κ2) is 6.84. The van der Waals surface area contributed by atoms with Crippen molar-refractivity contribution < 1.29 is 14.3 Å². The fraction of sp³-hybridized carbons (Fsp3) is 0.100. The SMILES string of the molecule is O/N=C(/c1cccnc1Oc1ccc(F)cc1)N1Cc2ccccc2C1. The zero-order valence-corrected chi connectivity index (χ0v) is 13.8. The summed E-state index contributed by atoms with van der Waals surface area (Å²) in [4.78, 5) is 6.21. The van der Waals surface area contributed by atoms with Gasteiger partial charge in [0.1, 0.15) is 11.6 Å². The van der Waals surface area contributed by atoms with Crippen molar-refractivity contribution in [3.63, 3.8) is 0 Å². The molecule has 0 radical (unpaired) electrons. The standard InChI is InChI=1S/C20H16FN3O2/c21-16-7-9-17(10-8-16)26-20-18(6-3-11-22-20)19(23-25)24-12-14-4-1-2-5-15(14)13-24/h1-11,25H,12-13H2/b23-19-. The van der Waals surface area contributed by atoms with Gasteiger partial charge in [-0.2, -0.15) is 0 Å². The van der Waals surface area contributed by atoms with Crippen molar-refractivity contribution in [2.24, 2.45) is 5.16 Å². The number of fused-ring (bicyclic) bond motifs is 1. The van der Waals surface area contributed by atoms with E-state index in [-0.39, 0.29) is 5.82 Å². The van der Waals surface area contributed by atoms with Crippen LogP contribution in [-0.4, -0.2) is 20.9 Å². The maximum atomic E-state index is 13.1. The molecule has 0 saturated carbocycles. The number of benzene rings is 2. The Morgan fingerprint density at radius 3 is 2.35 bits per heavy atom. The van der Waals surface area contributed by atoms with Crippen LogP contribution in [0.5, 0.6) is 11.6 Å². The first-order valence-electron chi connectivity index (χ1n) is 8.17. The molecule has 1 aromatic heterocycles. The molecule has 0 spiro atoms. The molecule has 0 amide bonds. The van der Waals surface area contributed by atoms with Crippen LogP contribution in [0.15, 0.2) is 72.0 Å². The first-order valence-corrected chi connectivity index (χ1v) is 8.17. The van der Waals surface area contributed by atoms with E-state index in [1.165, 1.54) is 35.4 Å². The van der Waals surface area contributed by atoms with Crippen LogP contribution in [0, 0.1) is 5.82 Å². The number of rotatable bonds is 3. The van der Waals surface area contributed by atoms with E-state index >= 15 is 0 Å². The van der Waals surface area contributed by atoms with Gasteiger partial charge < -0.3 is 14.8 Å². The molecule has 4 rings (SSSR count). The Bertz CT molecular complexity index is 932. The zero-order chi connectivity index (χ0) is 17.9. The number of aromatic nitrogens is 1. The summed E-state index contributed by atoms with van der Waals surface area (Å²) >= 11 is 0. The lowest BCUT2D eigenvalue weighted by molar-refractivity contribution is 0.301. The summed E-state index contributed by atoms with van der Waals surface area (Å²) in [5.74, 6) is 0.786. The summed E-state index contributed by atoms with van der Waals surface area (Å²) in [5, 5.41) is 13.2. The minimum atomic E-state index is -0.342. The van der Waals surface area contributed by atoms with Gasteiger partial charge in [0.05, 0.1) is 5.56 Å². The van der Waals surface area contributed by atoms with Gasteiger partial charge in [0, 0.05) is 19.3 Å². The van der Waals surface area contributed by atoms with E-state index in [0.29, 0.717) is 36.1 Å². The molecule has 0 aliphatic carbocycles. The smallest absolute Gasteiger partial charge is 0.230 e. The number of nitrogens with zero attached hydrogens (tertiary/aromatic N) is 3. The van der Waals surface area contributed by atoms with E-state index in [9.17, 15) is 9.60 Å². The maximum Gasteiger partial charge on any atom is 0.230 e. The van der Waals surface area contributed by atoms with Gasteiger partial charge in [-0.25, -0.2) is 9.37 Å². The number of halogens is 1. The lowest BCUT2D eigenvalue weighted by Crippen LogP contribution is -2.27. The first kappa shape index (κ1) is 16.1. The van der Waals surface area contributed by atoms with Crippen molar-refractivity contribution in [2.45, 2.75) is 13.1 Å². The second-order valence-corrected chi connectivity index (χ2v) is 5.96. The van der Waals surface area contributed by atoms with Crippen LogP contribution >= 0.6 is 0 Å². The largest absolute Gasteiger partial charge is 0.438 e. The second-order valence-electron chi connectivity index (χ2n) is 5.96. The number of oxime groups is 1. The van der Waals surface area contributed by atoms with Gasteiger partial charge in [-0.15, -0.1) is 0 Å². The molecule has 3 aromatic rings. The molecule has 1 aliphatic heterocycles. The van der Waals surface area contributed by atoms with Crippen LogP contribution in [0.4, 0.5) is 4.39 Å². The van der Waals surface area contributed by atoms with Crippen LogP contribution in [0.1, 0.15) is 16.7 Å². The van der Waals surface area contributed by atoms with Gasteiger partial charge in [0.15, 0.2) is 5.84 Å². The Labute approximate surface area is 150 Å². The molecule has 6 heteroatoms. The van der Waals surface area contributed by atoms with Crippen molar-refractivity contribution in [1.82, 2.24) is 9.88 Å². The molecule has 1 aliphatic rings. The minimum Gasteiger partial charge on any atom is -0.438 e. The van der Waals surface area contributed by atoms with E-state index < -0.39 is 0 Å². The lowest BCUT2D eigenvalue weighted by atomic mass is 10.1. The summed E-state index contributed by atoms with van der Waals surface area (Å²) in [6.45, 7) is 1.28. The zero-order valence-electron chi connectivity index (χ0n) is 13.8. The summed E-state index contributed by atoms with van der Waals surface area (Å²) in [6, 6.07) is 17.3. The third kappa shape index (κ3) is 3.09. The number of ether oxygens (including phenoxy) is 1. The van der Waals surface area contributed by atoms with Crippen molar-refractivity contribution in [3.8, 4) is 11.6 Å². The van der Waals surface area contributed by atoms with Gasteiger partial charge in [-0.3, -0.25) is 0 Å². The molecule has 1 N–H and O–H groups in total. The highest BCUT2D eigenvalue weighted by Crippen LogP contribution is 2.29. The number of hydrogen-bond acceptors (Lipinski definition) is 4. The van der Waals surface area contributed by atoms with Gasteiger partial charge in [0.25, 0.3) is 0 Å². The van der Waals surface area contributed by atoms with Crippen molar-refractivity contribution in [2.75, 3.05) is 0 Å². The monoisotopic (exact) mass is 349 g/mol. The van der Waals surface area contributed by atoms with Crippen LogP contribution < -0.4 is 4.74 Å². The van der Waals surface area contributed by atoms with Crippen LogP contribution in [0.3, 0.4) is 0 Å². The van der Waals surface area contributed by atoms with Crippen LogP contribution in [0.2, 0.25) is 0 Å². The highest BCUT2D eigenvalue weighted by atomic mass is 19.1. The van der Waals surface area contributed by atoms with Gasteiger partial charge in [-0.05, 0) is 47.5 Å². The van der Waals surface area contributed by atoms with E-state index in [1.807, 2.05) is 17.0 Å². The predicted molar refractivity (Wildman–Crippen MR) is 94.7 cm³/mol. The Morgan fingerprint density at radius 2 is 1.69 bits per heavy atom. The fourth-order valence-electron chi connectivity index (χ4n) is 3.03. The summed E-state index contributed by atoms with van der Waals surface area (Å²) in [7, 11) is 0. The quantitative estimate of drug-likeness (QED) is 0.334. The maximum absolute atomic E-state index is 13.1. The summed E-state index contributed by atoms with van der Waals surface area (Å²) in [5.41, 5.74) is 2.95. The molecule has 0 bridgehead atoms. The topological polar surface area (TPSA) is 58.0 Å². The summed E-state index contributed by atoms with van der Waals surface area (Å²) < 4.78 is 18.9. The molecule has 2 aromatic carbocycles. The third-order valence-electron chi connectivity index (χ3n) is 4.28. The number of amidine groups is 1. The molecule has 5 nitrogen and oxygen atoms in total. The Balaban J connectivity index is 1.63. The van der Waals surface area contributed by atoms with Crippen LogP contribution in [-0.2, 0) is 13.1 Å². The normalized spacial score (nSPS) is 13.6. The highest BCUT2D eigenvalue weighted by Gasteiger charge is 2.25. The number of pyridine rings is 1. The Hall–Kier alpha value is -3.41. The molecule has 0 fully saturated rings. The number of hydrogen-bond donors (Lipinski definition) is 1. The minimum absolute atomic E-state index is 0.294. The molecular weight excluding hydrogens is 333 g/mol. The predicted octanol–water partition coefficient (Wildman–Crippen LogP) is 4.16. The molecule has 0 saturated heterocycles. The van der Waals surface area contributed by atoms with Crippen LogP contribution in [0.25, 0.3) is 0 Å². The molecule has 2 heterocycles. The van der Waals surface area contributed by atoms with E-state index in [4.69, 9.17) is 4.74 Å². The van der Waals surface area contributed by atoms with Crippen molar-refractivity contribution >= 4 is 5.84 Å². The molecule has 0 atom stereocenters. The molecular formula is C20H16FN3O2. The fourth-order valence-corrected chi connectivity index (χ4v) is 3.03. The average Bonchev–Trinajstić information content (AvgIpc) is 3.09. The molecule has 130 valence electrons. The average molecular weight is 349 g/mol. The van der Waals surface area contributed by atoms with Gasteiger partial charge in [-0.1, -0.05) is 29.4 Å². The highest BCUT2D eigenvalue weighted by molar-refractivity contribution is 6.00. The first-order chi connectivity index (χ1) is 12.7. The van der Waals surface area contributed by atoms with Gasteiger partial charge >= 0.3 is 0 Å². The van der Waals surface area contributed by atoms with Gasteiger partial charge in [0.2, 0.25) is 5.88 Å². The molecule has 0 unspecified atom stereocenters. The third-order valence-corrected chi connectivity index (χ3v) is 4.28. The Kier molecular flexibility index (Phi) is 4.23. The van der Waals surface area contributed by atoms with Crippen molar-refractivity contribution in [1.29, 1.82) is 0 Å². The van der Waals surface area contributed by atoms with E-state index in [2.05, 4.69) is 22.3 Å². The van der Waals surface area contributed by atoms with E-state index in [1.54, 1.807) is 18.3 Å². The Morgan fingerprint density at radius 1 is 1.00 bits per heavy atom.